The molecule has 1 N–H and O–H groups in total. The van der Waals surface area contributed by atoms with Crippen LogP contribution in [0.5, 0.6) is 5.75 Å². The van der Waals surface area contributed by atoms with Gasteiger partial charge < -0.3 is 10.1 Å². The third-order valence-electron chi connectivity index (χ3n) is 4.17. The van der Waals surface area contributed by atoms with Crippen LogP contribution < -0.4 is 10.1 Å². The van der Waals surface area contributed by atoms with E-state index in [-0.39, 0.29) is 0 Å². The van der Waals surface area contributed by atoms with Crippen molar-refractivity contribution in [2.75, 3.05) is 0 Å². The highest BCUT2D eigenvalue weighted by Crippen LogP contribution is 2.26. The first-order valence-electron chi connectivity index (χ1n) is 8.62. The first kappa shape index (κ1) is 20.2. The van der Waals surface area contributed by atoms with Gasteiger partial charge in [-0.15, -0.1) is 0 Å². The van der Waals surface area contributed by atoms with Crippen molar-refractivity contribution in [3.8, 4) is 5.75 Å². The van der Waals surface area contributed by atoms with Crippen molar-refractivity contribution in [1.82, 2.24) is 5.32 Å². The lowest BCUT2D eigenvalue weighted by molar-refractivity contribution is 0.302. The summed E-state index contributed by atoms with van der Waals surface area (Å²) in [7, 11) is 0. The maximum Gasteiger partial charge on any atom is 0.124 e. The predicted molar refractivity (Wildman–Crippen MR) is 117 cm³/mol. The molecule has 3 aromatic carbocycles. The Morgan fingerprint density at radius 2 is 1.59 bits per heavy atom. The Morgan fingerprint density at radius 3 is 2.33 bits per heavy atom. The molecule has 0 aromatic heterocycles. The Hall–Kier alpha value is -1.52. The van der Waals surface area contributed by atoms with Crippen LogP contribution in [0.1, 0.15) is 22.3 Å². The summed E-state index contributed by atoms with van der Waals surface area (Å²) in [6.45, 7) is 4.04. The fourth-order valence-corrected chi connectivity index (χ4v) is 3.39. The molecular formula is C22H20BrCl2NO. The van der Waals surface area contributed by atoms with E-state index in [1.165, 1.54) is 11.1 Å². The van der Waals surface area contributed by atoms with Gasteiger partial charge in [-0.3, -0.25) is 0 Å². The molecule has 3 rings (SSSR count). The molecule has 0 atom stereocenters. The second kappa shape index (κ2) is 9.61. The van der Waals surface area contributed by atoms with Crippen LogP contribution in [0.25, 0.3) is 0 Å². The van der Waals surface area contributed by atoms with Crippen LogP contribution in [0, 0.1) is 6.92 Å². The number of benzene rings is 3. The third-order valence-corrected chi connectivity index (χ3v) is 5.40. The van der Waals surface area contributed by atoms with Crippen LogP contribution in [-0.4, -0.2) is 0 Å². The highest BCUT2D eigenvalue weighted by molar-refractivity contribution is 9.10. The van der Waals surface area contributed by atoms with Gasteiger partial charge in [0.25, 0.3) is 0 Å². The zero-order chi connectivity index (χ0) is 19.2. The molecule has 140 valence electrons. The van der Waals surface area contributed by atoms with Crippen LogP contribution in [0.3, 0.4) is 0 Å². The zero-order valence-corrected chi connectivity index (χ0v) is 18.0. The summed E-state index contributed by atoms with van der Waals surface area (Å²) in [5.74, 6) is 0.848. The van der Waals surface area contributed by atoms with Gasteiger partial charge in [-0.05, 0) is 48.4 Å². The van der Waals surface area contributed by atoms with Crippen molar-refractivity contribution in [1.29, 1.82) is 0 Å². The maximum absolute atomic E-state index is 6.08. The third kappa shape index (κ3) is 5.98. The normalized spacial score (nSPS) is 10.8. The van der Waals surface area contributed by atoms with Crippen molar-refractivity contribution in [3.63, 3.8) is 0 Å². The van der Waals surface area contributed by atoms with Crippen LogP contribution in [-0.2, 0) is 19.7 Å². The summed E-state index contributed by atoms with van der Waals surface area (Å²) < 4.78 is 7.05. The quantitative estimate of drug-likeness (QED) is 0.409. The van der Waals surface area contributed by atoms with Gasteiger partial charge in [-0.25, -0.2) is 0 Å². The predicted octanol–water partition coefficient (Wildman–Crippen LogP) is 6.93. The number of aryl methyl sites for hydroxylation is 1. The van der Waals surface area contributed by atoms with Gasteiger partial charge in [0.05, 0.1) is 10.0 Å². The van der Waals surface area contributed by atoms with Gasteiger partial charge in [-0.1, -0.05) is 75.0 Å². The minimum atomic E-state index is 0.434. The molecule has 0 aliphatic rings. The molecule has 0 bridgehead atoms. The first-order valence-corrected chi connectivity index (χ1v) is 10.2. The second-order valence-electron chi connectivity index (χ2n) is 6.38. The number of rotatable bonds is 7. The molecule has 0 heterocycles. The van der Waals surface area contributed by atoms with E-state index >= 15 is 0 Å². The molecule has 0 unspecified atom stereocenters. The molecule has 0 fully saturated rings. The molecular weight excluding hydrogens is 445 g/mol. The summed E-state index contributed by atoms with van der Waals surface area (Å²) in [5, 5.41) is 4.56. The van der Waals surface area contributed by atoms with E-state index in [1.54, 1.807) is 6.07 Å². The summed E-state index contributed by atoms with van der Waals surface area (Å²) in [6, 6.07) is 20.1. The number of nitrogens with one attached hydrogen (secondary N) is 1. The Morgan fingerprint density at radius 1 is 0.852 bits per heavy atom. The standard InChI is InChI=1S/C22H20BrCl2NO/c1-15-2-4-16(5-3-15)12-26-13-18-11-19(23)7-9-22(18)27-14-17-6-8-20(24)21(25)10-17/h2-11,26H,12-14H2,1H3. The summed E-state index contributed by atoms with van der Waals surface area (Å²) in [6.07, 6.45) is 0. The van der Waals surface area contributed by atoms with Gasteiger partial charge in [0.2, 0.25) is 0 Å². The minimum absolute atomic E-state index is 0.434. The molecule has 0 aliphatic heterocycles. The van der Waals surface area contributed by atoms with Gasteiger partial charge in [0, 0.05) is 23.1 Å². The van der Waals surface area contributed by atoms with E-state index < -0.39 is 0 Å². The van der Waals surface area contributed by atoms with Crippen molar-refractivity contribution >= 4 is 39.1 Å². The van der Waals surface area contributed by atoms with Crippen molar-refractivity contribution in [3.05, 3.63) is 97.4 Å². The molecule has 0 aliphatic carbocycles. The second-order valence-corrected chi connectivity index (χ2v) is 8.11. The van der Waals surface area contributed by atoms with E-state index in [2.05, 4.69) is 58.5 Å². The number of ether oxygens (including phenoxy) is 1. The lowest BCUT2D eigenvalue weighted by atomic mass is 10.1. The fourth-order valence-electron chi connectivity index (χ4n) is 2.66. The molecule has 3 aromatic rings. The van der Waals surface area contributed by atoms with Crippen molar-refractivity contribution in [2.24, 2.45) is 0 Å². The molecule has 2 nitrogen and oxygen atoms in total. The fraction of sp³-hybridized carbons (Fsp3) is 0.182. The zero-order valence-electron chi connectivity index (χ0n) is 14.9. The smallest absolute Gasteiger partial charge is 0.124 e. The van der Waals surface area contributed by atoms with E-state index in [0.29, 0.717) is 23.2 Å². The Kier molecular flexibility index (Phi) is 7.20. The minimum Gasteiger partial charge on any atom is -0.489 e. The van der Waals surface area contributed by atoms with Crippen LogP contribution in [0.4, 0.5) is 0 Å². The Balaban J connectivity index is 1.63. The van der Waals surface area contributed by atoms with Crippen LogP contribution in [0.15, 0.2) is 65.1 Å². The van der Waals surface area contributed by atoms with E-state index in [1.807, 2.05) is 24.3 Å². The SMILES string of the molecule is Cc1ccc(CNCc2cc(Br)ccc2OCc2ccc(Cl)c(Cl)c2)cc1. The highest BCUT2D eigenvalue weighted by Gasteiger charge is 2.07. The molecule has 0 saturated heterocycles. The summed E-state index contributed by atoms with van der Waals surface area (Å²) in [5.41, 5.74) is 4.60. The van der Waals surface area contributed by atoms with Gasteiger partial charge >= 0.3 is 0 Å². The van der Waals surface area contributed by atoms with E-state index in [4.69, 9.17) is 27.9 Å². The lowest BCUT2D eigenvalue weighted by Crippen LogP contribution is -2.13. The lowest BCUT2D eigenvalue weighted by Gasteiger charge is -2.13. The molecule has 5 heteroatoms. The van der Waals surface area contributed by atoms with Crippen LogP contribution >= 0.6 is 39.1 Å². The molecule has 0 spiro atoms. The number of hydrogen-bond acceptors (Lipinski definition) is 2. The average Bonchev–Trinajstić information content (AvgIpc) is 2.65. The van der Waals surface area contributed by atoms with Crippen LogP contribution in [0.2, 0.25) is 10.0 Å². The van der Waals surface area contributed by atoms with E-state index in [9.17, 15) is 0 Å². The Labute approximate surface area is 178 Å². The van der Waals surface area contributed by atoms with Gasteiger partial charge in [0.1, 0.15) is 12.4 Å². The topological polar surface area (TPSA) is 21.3 Å². The van der Waals surface area contributed by atoms with Gasteiger partial charge in [-0.2, -0.15) is 0 Å². The summed E-state index contributed by atoms with van der Waals surface area (Å²) in [4.78, 5) is 0. The molecule has 0 radical (unpaired) electrons. The maximum atomic E-state index is 6.08. The Bertz CT molecular complexity index is 913. The largest absolute Gasteiger partial charge is 0.489 e. The average molecular weight is 465 g/mol. The van der Waals surface area contributed by atoms with Crippen molar-refractivity contribution in [2.45, 2.75) is 26.6 Å². The molecule has 0 amide bonds. The van der Waals surface area contributed by atoms with Gasteiger partial charge in [0.15, 0.2) is 0 Å². The highest BCUT2D eigenvalue weighted by atomic mass is 79.9. The van der Waals surface area contributed by atoms with E-state index in [0.717, 1.165) is 27.9 Å². The summed E-state index contributed by atoms with van der Waals surface area (Å²) >= 11 is 15.6. The van der Waals surface area contributed by atoms with Crippen molar-refractivity contribution < 1.29 is 4.74 Å². The molecule has 0 saturated carbocycles. The molecule has 27 heavy (non-hydrogen) atoms. The number of hydrogen-bond donors (Lipinski definition) is 1. The first-order chi connectivity index (χ1) is 13.0. The monoisotopic (exact) mass is 463 g/mol. The number of halogens is 3.